The number of aromatic hydroxyl groups is 1. The number of carbonyl (C=O) groups excluding carboxylic acids is 1. The number of aromatic nitrogens is 1. The Bertz CT molecular complexity index is 764. The van der Waals surface area contributed by atoms with Gasteiger partial charge in [-0.2, -0.15) is 0 Å². The maximum atomic E-state index is 11.8. The number of phenols is 1. The number of benzene rings is 1. The van der Waals surface area contributed by atoms with Crippen molar-refractivity contribution in [3.63, 3.8) is 0 Å². The second kappa shape index (κ2) is 7.39. The highest BCUT2D eigenvalue weighted by Gasteiger charge is 2.07. The van der Waals surface area contributed by atoms with Gasteiger partial charge in [-0.15, -0.1) is 22.7 Å². The van der Waals surface area contributed by atoms with E-state index in [1.807, 2.05) is 35.0 Å². The van der Waals surface area contributed by atoms with E-state index in [-0.39, 0.29) is 11.7 Å². The van der Waals surface area contributed by atoms with E-state index in [0.717, 1.165) is 27.6 Å². The second-order valence-electron chi connectivity index (χ2n) is 5.03. The van der Waals surface area contributed by atoms with E-state index in [9.17, 15) is 9.90 Å². The Kier molecular flexibility index (Phi) is 5.05. The zero-order chi connectivity index (χ0) is 16.1. The van der Waals surface area contributed by atoms with Crippen molar-refractivity contribution in [3.05, 3.63) is 57.0 Å². The Balaban J connectivity index is 1.49. The van der Waals surface area contributed by atoms with Crippen molar-refractivity contribution in [3.8, 4) is 17.0 Å². The molecule has 0 aliphatic rings. The summed E-state index contributed by atoms with van der Waals surface area (Å²) in [5, 5.41) is 17.2. The van der Waals surface area contributed by atoms with Gasteiger partial charge in [0.1, 0.15) is 5.75 Å². The van der Waals surface area contributed by atoms with E-state index in [2.05, 4.69) is 10.3 Å². The Hall–Kier alpha value is -2.18. The van der Waals surface area contributed by atoms with E-state index < -0.39 is 0 Å². The summed E-state index contributed by atoms with van der Waals surface area (Å²) in [4.78, 5) is 17.5. The molecule has 2 heterocycles. The van der Waals surface area contributed by atoms with Gasteiger partial charge in [0.05, 0.1) is 17.1 Å². The average molecular weight is 344 g/mol. The number of nitrogens with zero attached hydrogens (tertiary/aromatic N) is 1. The van der Waals surface area contributed by atoms with Gasteiger partial charge < -0.3 is 10.4 Å². The molecule has 23 heavy (non-hydrogen) atoms. The SMILES string of the molecule is O=C(Cc1cccs1)NCCc1nc(-c2ccc(O)cc2)cs1. The molecule has 0 aliphatic heterocycles. The fraction of sp³-hybridized carbons (Fsp3) is 0.176. The van der Waals surface area contributed by atoms with Gasteiger partial charge in [0.25, 0.3) is 0 Å². The molecule has 0 fully saturated rings. The quantitative estimate of drug-likeness (QED) is 0.720. The molecule has 0 spiro atoms. The normalized spacial score (nSPS) is 10.6. The maximum Gasteiger partial charge on any atom is 0.225 e. The third-order valence-corrected chi connectivity index (χ3v) is 5.08. The molecule has 3 aromatic rings. The van der Waals surface area contributed by atoms with Crippen LogP contribution in [0.5, 0.6) is 5.75 Å². The van der Waals surface area contributed by atoms with E-state index in [1.54, 1.807) is 34.8 Å². The summed E-state index contributed by atoms with van der Waals surface area (Å²) in [7, 11) is 0. The molecule has 2 N–H and O–H groups in total. The minimum Gasteiger partial charge on any atom is -0.508 e. The number of hydrogen-bond acceptors (Lipinski definition) is 5. The van der Waals surface area contributed by atoms with Gasteiger partial charge in [0.15, 0.2) is 0 Å². The van der Waals surface area contributed by atoms with Crippen LogP contribution in [0.1, 0.15) is 9.88 Å². The molecular weight excluding hydrogens is 328 g/mol. The van der Waals surface area contributed by atoms with Crippen molar-refractivity contribution in [2.75, 3.05) is 6.54 Å². The molecule has 0 saturated carbocycles. The largest absolute Gasteiger partial charge is 0.508 e. The van der Waals surface area contributed by atoms with Gasteiger partial charge in [-0.05, 0) is 35.7 Å². The van der Waals surface area contributed by atoms with Crippen LogP contribution in [0.25, 0.3) is 11.3 Å². The van der Waals surface area contributed by atoms with Crippen molar-refractivity contribution < 1.29 is 9.90 Å². The van der Waals surface area contributed by atoms with E-state index >= 15 is 0 Å². The second-order valence-corrected chi connectivity index (χ2v) is 7.00. The number of thiophene rings is 1. The Morgan fingerprint density at radius 1 is 1.17 bits per heavy atom. The van der Waals surface area contributed by atoms with Crippen molar-refractivity contribution in [2.24, 2.45) is 0 Å². The van der Waals surface area contributed by atoms with Crippen LogP contribution < -0.4 is 5.32 Å². The molecule has 3 rings (SSSR count). The summed E-state index contributed by atoms with van der Waals surface area (Å²) in [6.45, 7) is 0.590. The fourth-order valence-corrected chi connectivity index (χ4v) is 3.64. The van der Waals surface area contributed by atoms with Gasteiger partial charge in [-0.25, -0.2) is 4.98 Å². The fourth-order valence-electron chi connectivity index (χ4n) is 2.13. The first-order chi connectivity index (χ1) is 11.2. The van der Waals surface area contributed by atoms with E-state index in [0.29, 0.717) is 13.0 Å². The number of amides is 1. The summed E-state index contributed by atoms with van der Waals surface area (Å²) >= 11 is 3.18. The Morgan fingerprint density at radius 2 is 2.00 bits per heavy atom. The molecule has 6 heteroatoms. The Morgan fingerprint density at radius 3 is 2.74 bits per heavy atom. The molecule has 2 aromatic heterocycles. The summed E-state index contributed by atoms with van der Waals surface area (Å²) in [6, 6.07) is 10.9. The van der Waals surface area contributed by atoms with Crippen LogP contribution in [-0.4, -0.2) is 22.5 Å². The lowest BCUT2D eigenvalue weighted by molar-refractivity contribution is -0.120. The summed E-state index contributed by atoms with van der Waals surface area (Å²) in [5.74, 6) is 0.292. The minimum atomic E-state index is 0.0442. The molecule has 1 aromatic carbocycles. The predicted octanol–water partition coefficient (Wildman–Crippen LogP) is 3.48. The summed E-state index contributed by atoms with van der Waals surface area (Å²) < 4.78 is 0. The third-order valence-electron chi connectivity index (χ3n) is 3.29. The van der Waals surface area contributed by atoms with Crippen LogP contribution in [-0.2, 0) is 17.6 Å². The molecule has 118 valence electrons. The maximum absolute atomic E-state index is 11.8. The highest BCUT2D eigenvalue weighted by Crippen LogP contribution is 2.23. The van der Waals surface area contributed by atoms with Gasteiger partial charge in [0, 0.05) is 28.8 Å². The van der Waals surface area contributed by atoms with Crippen LogP contribution in [0.4, 0.5) is 0 Å². The van der Waals surface area contributed by atoms with Crippen molar-refractivity contribution >= 4 is 28.6 Å². The number of rotatable bonds is 6. The molecule has 0 saturated heterocycles. The summed E-state index contributed by atoms with van der Waals surface area (Å²) in [5.41, 5.74) is 1.88. The zero-order valence-corrected chi connectivity index (χ0v) is 14.0. The summed E-state index contributed by atoms with van der Waals surface area (Å²) in [6.07, 6.45) is 1.16. The molecule has 0 bridgehead atoms. The lowest BCUT2D eigenvalue weighted by Crippen LogP contribution is -2.26. The van der Waals surface area contributed by atoms with Gasteiger partial charge in [-0.1, -0.05) is 6.07 Å². The monoisotopic (exact) mass is 344 g/mol. The molecular formula is C17H16N2O2S2. The van der Waals surface area contributed by atoms with Crippen LogP contribution in [0.3, 0.4) is 0 Å². The van der Waals surface area contributed by atoms with Gasteiger partial charge in [-0.3, -0.25) is 4.79 Å². The number of hydrogen-bond donors (Lipinski definition) is 2. The van der Waals surface area contributed by atoms with Crippen molar-refractivity contribution in [1.82, 2.24) is 10.3 Å². The highest BCUT2D eigenvalue weighted by atomic mass is 32.1. The lowest BCUT2D eigenvalue weighted by Gasteiger charge is -2.02. The van der Waals surface area contributed by atoms with Crippen molar-refractivity contribution in [2.45, 2.75) is 12.8 Å². The Labute approximate surface area is 142 Å². The minimum absolute atomic E-state index is 0.0442. The molecule has 0 radical (unpaired) electrons. The molecule has 0 unspecified atom stereocenters. The molecule has 0 atom stereocenters. The van der Waals surface area contributed by atoms with Crippen LogP contribution in [0.2, 0.25) is 0 Å². The van der Waals surface area contributed by atoms with Crippen LogP contribution in [0.15, 0.2) is 47.2 Å². The number of phenolic OH excluding ortho intramolecular Hbond substituents is 1. The van der Waals surface area contributed by atoms with Crippen LogP contribution in [0, 0.1) is 0 Å². The first-order valence-corrected chi connectivity index (χ1v) is 8.99. The predicted molar refractivity (Wildman–Crippen MR) is 94.0 cm³/mol. The first-order valence-electron chi connectivity index (χ1n) is 7.23. The number of nitrogens with one attached hydrogen (secondary N) is 1. The zero-order valence-electron chi connectivity index (χ0n) is 12.4. The highest BCUT2D eigenvalue weighted by molar-refractivity contribution is 7.10. The first kappa shape index (κ1) is 15.7. The molecule has 0 aliphatic carbocycles. The van der Waals surface area contributed by atoms with E-state index in [4.69, 9.17) is 0 Å². The molecule has 4 nitrogen and oxygen atoms in total. The number of thiazole rings is 1. The average Bonchev–Trinajstić information content (AvgIpc) is 3.20. The standard InChI is InChI=1S/C17H16N2O2S2/c20-13-5-3-12(4-6-13)15-11-23-17(19-15)7-8-18-16(21)10-14-2-1-9-22-14/h1-6,9,11,20H,7-8,10H2,(H,18,21). The van der Waals surface area contributed by atoms with Crippen LogP contribution >= 0.6 is 22.7 Å². The van der Waals surface area contributed by atoms with Gasteiger partial charge >= 0.3 is 0 Å². The van der Waals surface area contributed by atoms with Crippen molar-refractivity contribution in [1.29, 1.82) is 0 Å². The molecule has 1 amide bonds. The van der Waals surface area contributed by atoms with E-state index in [1.165, 1.54) is 0 Å². The third kappa shape index (κ3) is 4.40. The van der Waals surface area contributed by atoms with Gasteiger partial charge in [0.2, 0.25) is 5.91 Å². The number of carbonyl (C=O) groups is 1. The lowest BCUT2D eigenvalue weighted by atomic mass is 10.2. The topological polar surface area (TPSA) is 62.2 Å². The smallest absolute Gasteiger partial charge is 0.225 e.